The third-order valence-corrected chi connectivity index (χ3v) is 4.26. The Balaban J connectivity index is 4.52. The highest BCUT2D eigenvalue weighted by Gasteiger charge is 2.24. The van der Waals surface area contributed by atoms with Crippen molar-refractivity contribution >= 4 is 10.2 Å². The number of rotatable bonds is 10. The maximum Gasteiger partial charge on any atom is 0.282 e. The van der Waals surface area contributed by atoms with Crippen LogP contribution in [0.4, 0.5) is 0 Å². The van der Waals surface area contributed by atoms with Crippen LogP contribution >= 0.6 is 0 Å². The number of nitrogens with zero attached hydrogens (tertiary/aromatic N) is 2. The lowest BCUT2D eigenvalue weighted by Crippen LogP contribution is -2.43. The van der Waals surface area contributed by atoms with E-state index in [9.17, 15) is 8.42 Å². The van der Waals surface area contributed by atoms with E-state index in [1.54, 1.807) is 7.05 Å². The molecular weight excluding hydrogens is 242 g/mol. The van der Waals surface area contributed by atoms with Crippen LogP contribution in [0.3, 0.4) is 0 Å². The molecule has 17 heavy (non-hydrogen) atoms. The largest absolute Gasteiger partial charge is 0.395 e. The van der Waals surface area contributed by atoms with Gasteiger partial charge in [0.25, 0.3) is 10.2 Å². The normalized spacial score (nSPS) is 12.3. The predicted molar refractivity (Wildman–Crippen MR) is 68.9 cm³/mol. The predicted octanol–water partition coefficient (Wildman–Crippen LogP) is -0.747. The van der Waals surface area contributed by atoms with Gasteiger partial charge in [-0.2, -0.15) is 17.0 Å². The molecule has 0 spiro atoms. The van der Waals surface area contributed by atoms with Crippen molar-refractivity contribution < 1.29 is 13.5 Å². The average Bonchev–Trinajstić information content (AvgIpc) is 2.29. The van der Waals surface area contributed by atoms with Gasteiger partial charge in [-0.05, 0) is 20.0 Å². The first-order valence-corrected chi connectivity index (χ1v) is 6.98. The summed E-state index contributed by atoms with van der Waals surface area (Å²) in [6, 6.07) is 0. The highest BCUT2D eigenvalue weighted by Crippen LogP contribution is 2.06. The molecule has 0 aromatic heterocycles. The summed E-state index contributed by atoms with van der Waals surface area (Å²) >= 11 is 0. The molecule has 0 saturated heterocycles. The summed E-state index contributed by atoms with van der Waals surface area (Å²) in [5.74, 6) is 0. The molecular formula is C10H23N3O3S. The van der Waals surface area contributed by atoms with Crippen molar-refractivity contribution in [3.05, 3.63) is 12.7 Å². The zero-order valence-corrected chi connectivity index (χ0v) is 11.4. The second-order valence-electron chi connectivity index (χ2n) is 3.66. The smallest absolute Gasteiger partial charge is 0.282 e. The Labute approximate surface area is 104 Å². The fourth-order valence-electron chi connectivity index (χ4n) is 1.35. The molecule has 0 fully saturated rings. The van der Waals surface area contributed by atoms with Crippen molar-refractivity contribution in [2.45, 2.75) is 6.42 Å². The number of hydrogen-bond acceptors (Lipinski definition) is 4. The minimum absolute atomic E-state index is 0.0880. The summed E-state index contributed by atoms with van der Waals surface area (Å²) in [5, 5.41) is 11.8. The highest BCUT2D eigenvalue weighted by atomic mass is 32.2. The third-order valence-electron chi connectivity index (χ3n) is 2.30. The van der Waals surface area contributed by atoms with Crippen LogP contribution in [-0.4, -0.2) is 69.0 Å². The summed E-state index contributed by atoms with van der Waals surface area (Å²) in [4.78, 5) is 0. The summed E-state index contributed by atoms with van der Waals surface area (Å²) in [5.41, 5.74) is 0. The van der Waals surface area contributed by atoms with Crippen LogP contribution in [0.25, 0.3) is 0 Å². The first kappa shape index (κ1) is 16.5. The van der Waals surface area contributed by atoms with E-state index in [-0.39, 0.29) is 19.7 Å². The molecule has 0 aliphatic carbocycles. The molecule has 0 aliphatic rings. The fourth-order valence-corrected chi connectivity index (χ4v) is 2.71. The first-order chi connectivity index (χ1) is 8.00. The number of hydrogen-bond donors (Lipinski definition) is 2. The van der Waals surface area contributed by atoms with Gasteiger partial charge in [-0.25, -0.2) is 0 Å². The Morgan fingerprint density at radius 2 is 2.06 bits per heavy atom. The second kappa shape index (κ2) is 8.60. The van der Waals surface area contributed by atoms with E-state index < -0.39 is 10.2 Å². The zero-order valence-electron chi connectivity index (χ0n) is 10.6. The summed E-state index contributed by atoms with van der Waals surface area (Å²) in [7, 11) is -0.134. The van der Waals surface area contributed by atoms with Crippen LogP contribution in [0.1, 0.15) is 6.42 Å². The minimum Gasteiger partial charge on any atom is -0.395 e. The Kier molecular flexibility index (Phi) is 8.36. The first-order valence-electron chi connectivity index (χ1n) is 5.58. The number of nitrogens with one attached hydrogen (secondary N) is 1. The average molecular weight is 265 g/mol. The Bertz CT molecular complexity index is 306. The standard InChI is InChI=1S/C10H23N3O3S/c1-4-7-13(9-10-14)17(15,16)12(3)8-5-6-11-2/h4,11,14H,1,5-10H2,2-3H3. The molecule has 0 aromatic rings. The van der Waals surface area contributed by atoms with Gasteiger partial charge in [0.15, 0.2) is 0 Å². The number of aliphatic hydroxyl groups is 1. The number of aliphatic hydroxyl groups excluding tert-OH is 1. The van der Waals surface area contributed by atoms with Gasteiger partial charge < -0.3 is 10.4 Å². The minimum atomic E-state index is -3.50. The van der Waals surface area contributed by atoms with Crippen molar-refractivity contribution in [2.24, 2.45) is 0 Å². The van der Waals surface area contributed by atoms with Crippen molar-refractivity contribution in [1.29, 1.82) is 0 Å². The second-order valence-corrected chi connectivity index (χ2v) is 5.69. The lowest BCUT2D eigenvalue weighted by molar-refractivity contribution is 0.253. The van der Waals surface area contributed by atoms with Gasteiger partial charge in [-0.3, -0.25) is 0 Å². The molecule has 0 amide bonds. The molecule has 0 heterocycles. The van der Waals surface area contributed by atoms with Crippen molar-refractivity contribution in [3.8, 4) is 0 Å². The van der Waals surface area contributed by atoms with Gasteiger partial charge in [0.2, 0.25) is 0 Å². The topological polar surface area (TPSA) is 72.9 Å². The molecule has 0 saturated carbocycles. The van der Waals surface area contributed by atoms with Gasteiger partial charge in [-0.15, -0.1) is 6.58 Å². The lowest BCUT2D eigenvalue weighted by atomic mass is 10.4. The summed E-state index contributed by atoms with van der Waals surface area (Å²) in [6.07, 6.45) is 2.25. The maximum atomic E-state index is 12.1. The Hall–Kier alpha value is -0.470. The quantitative estimate of drug-likeness (QED) is 0.403. The van der Waals surface area contributed by atoms with Gasteiger partial charge in [-0.1, -0.05) is 6.08 Å². The summed E-state index contributed by atoms with van der Waals surface area (Å²) < 4.78 is 26.7. The Morgan fingerprint density at radius 1 is 1.41 bits per heavy atom. The molecule has 0 aromatic carbocycles. The fraction of sp³-hybridized carbons (Fsp3) is 0.800. The molecule has 0 unspecified atom stereocenters. The van der Waals surface area contributed by atoms with Crippen LogP contribution in [0.5, 0.6) is 0 Å². The van der Waals surface area contributed by atoms with Gasteiger partial charge in [0, 0.05) is 26.7 Å². The van der Waals surface area contributed by atoms with Gasteiger partial charge in [0.05, 0.1) is 6.61 Å². The third kappa shape index (κ3) is 5.60. The van der Waals surface area contributed by atoms with Crippen molar-refractivity contribution in [1.82, 2.24) is 13.9 Å². The van der Waals surface area contributed by atoms with E-state index in [0.29, 0.717) is 6.54 Å². The molecule has 0 radical (unpaired) electrons. The van der Waals surface area contributed by atoms with Gasteiger partial charge >= 0.3 is 0 Å². The lowest BCUT2D eigenvalue weighted by Gasteiger charge is -2.26. The molecule has 0 atom stereocenters. The van der Waals surface area contributed by atoms with Gasteiger partial charge in [0.1, 0.15) is 0 Å². The maximum absolute atomic E-state index is 12.1. The monoisotopic (exact) mass is 265 g/mol. The van der Waals surface area contributed by atoms with E-state index in [0.717, 1.165) is 13.0 Å². The van der Waals surface area contributed by atoms with Crippen LogP contribution in [0, 0.1) is 0 Å². The molecule has 0 aliphatic heterocycles. The summed E-state index contributed by atoms with van der Waals surface area (Å²) in [6.45, 7) is 4.83. The Morgan fingerprint density at radius 3 is 2.53 bits per heavy atom. The highest BCUT2D eigenvalue weighted by molar-refractivity contribution is 7.86. The van der Waals surface area contributed by atoms with Crippen LogP contribution in [0.15, 0.2) is 12.7 Å². The molecule has 0 rings (SSSR count). The van der Waals surface area contributed by atoms with Crippen LogP contribution < -0.4 is 5.32 Å². The SMILES string of the molecule is C=CCN(CCO)S(=O)(=O)N(C)CCCNC. The molecule has 102 valence electrons. The molecule has 2 N–H and O–H groups in total. The van der Waals surface area contributed by atoms with E-state index in [1.165, 1.54) is 14.7 Å². The van der Waals surface area contributed by atoms with Crippen molar-refractivity contribution in [2.75, 3.05) is 46.9 Å². The molecule has 6 nitrogen and oxygen atoms in total. The van der Waals surface area contributed by atoms with Crippen molar-refractivity contribution in [3.63, 3.8) is 0 Å². The van der Waals surface area contributed by atoms with E-state index >= 15 is 0 Å². The molecule has 0 bridgehead atoms. The van der Waals surface area contributed by atoms with E-state index in [4.69, 9.17) is 5.11 Å². The van der Waals surface area contributed by atoms with Crippen LogP contribution in [0.2, 0.25) is 0 Å². The van der Waals surface area contributed by atoms with E-state index in [2.05, 4.69) is 11.9 Å². The van der Waals surface area contributed by atoms with Crippen LogP contribution in [-0.2, 0) is 10.2 Å². The zero-order chi connectivity index (χ0) is 13.3. The van der Waals surface area contributed by atoms with E-state index in [1.807, 2.05) is 7.05 Å². The molecule has 7 heteroatoms.